The van der Waals surface area contributed by atoms with Gasteiger partial charge in [-0.15, -0.1) is 0 Å². The molecule has 0 spiro atoms. The summed E-state index contributed by atoms with van der Waals surface area (Å²) in [6.45, 7) is 1.39. The number of rotatable bonds is 5. The molecule has 0 amide bonds. The Labute approximate surface area is 167 Å². The molecule has 1 aromatic carbocycles. The van der Waals surface area contributed by atoms with Gasteiger partial charge in [-0.1, -0.05) is 54.3 Å². The summed E-state index contributed by atoms with van der Waals surface area (Å²) in [4.78, 5) is 20.1. The van der Waals surface area contributed by atoms with Crippen molar-refractivity contribution in [3.63, 3.8) is 0 Å². The molecule has 0 bridgehead atoms. The lowest BCUT2D eigenvalue weighted by molar-refractivity contribution is 0.315. The lowest BCUT2D eigenvalue weighted by Crippen LogP contribution is -2.21. The van der Waals surface area contributed by atoms with Crippen LogP contribution in [0.1, 0.15) is 54.3 Å². The van der Waals surface area contributed by atoms with E-state index in [1.54, 1.807) is 17.4 Å². The topological polar surface area (TPSA) is 50.5 Å². The van der Waals surface area contributed by atoms with Crippen molar-refractivity contribution in [2.45, 2.75) is 51.1 Å². The molecule has 7 heteroatoms. The lowest BCUT2D eigenvalue weighted by atomic mass is 9.90. The van der Waals surface area contributed by atoms with Gasteiger partial charge < -0.3 is 0 Å². The molecule has 0 N–H and O–H groups in total. The molecule has 2 aromatic heterocycles. The van der Waals surface area contributed by atoms with E-state index in [9.17, 15) is 4.79 Å². The van der Waals surface area contributed by atoms with Crippen molar-refractivity contribution in [1.82, 2.24) is 19.5 Å². The van der Waals surface area contributed by atoms with Crippen molar-refractivity contribution in [2.24, 2.45) is 0 Å². The van der Waals surface area contributed by atoms with Crippen molar-refractivity contribution in [3.05, 3.63) is 62.0 Å². The Morgan fingerprint density at radius 3 is 2.67 bits per heavy atom. The van der Waals surface area contributed by atoms with Crippen molar-refractivity contribution in [2.75, 3.05) is 7.05 Å². The zero-order chi connectivity index (χ0) is 18.8. The SMILES string of the molecule is CN(Cc1ccc(Cl)cc1)Cc1cc(=O)n2nc(C3CCCCC3)sc2n1. The van der Waals surface area contributed by atoms with Crippen molar-refractivity contribution in [3.8, 4) is 0 Å². The number of hydrogen-bond acceptors (Lipinski definition) is 5. The van der Waals surface area contributed by atoms with Gasteiger partial charge in [-0.25, -0.2) is 4.98 Å². The van der Waals surface area contributed by atoms with Gasteiger partial charge in [0.25, 0.3) is 5.56 Å². The van der Waals surface area contributed by atoms with Crippen molar-refractivity contribution in [1.29, 1.82) is 0 Å². The third-order valence-electron chi connectivity index (χ3n) is 5.07. The van der Waals surface area contributed by atoms with Gasteiger partial charge in [0, 0.05) is 30.1 Å². The summed E-state index contributed by atoms with van der Waals surface area (Å²) >= 11 is 7.52. The number of nitrogens with zero attached hydrogens (tertiary/aromatic N) is 4. The first-order valence-corrected chi connectivity index (χ1v) is 10.6. The molecule has 142 valence electrons. The van der Waals surface area contributed by atoms with E-state index >= 15 is 0 Å². The second-order valence-electron chi connectivity index (χ2n) is 7.35. The third-order valence-corrected chi connectivity index (χ3v) is 6.39. The monoisotopic (exact) mass is 402 g/mol. The first-order chi connectivity index (χ1) is 13.1. The summed E-state index contributed by atoms with van der Waals surface area (Å²) in [6.07, 6.45) is 6.16. The Morgan fingerprint density at radius 2 is 1.93 bits per heavy atom. The van der Waals surface area contributed by atoms with Gasteiger partial charge in [0.2, 0.25) is 4.96 Å². The standard InChI is InChI=1S/C20H23ClN4OS/c1-24(12-14-7-9-16(21)10-8-14)13-17-11-18(26)25-20(22-17)27-19(23-25)15-5-3-2-4-6-15/h7-11,15H,2-6,12-13H2,1H3. The van der Waals surface area contributed by atoms with E-state index in [1.165, 1.54) is 42.2 Å². The van der Waals surface area contributed by atoms with Crippen LogP contribution in [0.3, 0.4) is 0 Å². The molecule has 1 fully saturated rings. The molecular weight excluding hydrogens is 380 g/mol. The van der Waals surface area contributed by atoms with E-state index in [2.05, 4.69) is 10.00 Å². The summed E-state index contributed by atoms with van der Waals surface area (Å²) in [5, 5.41) is 6.36. The van der Waals surface area contributed by atoms with Crippen LogP contribution in [-0.4, -0.2) is 26.5 Å². The number of benzene rings is 1. The average molecular weight is 403 g/mol. The van der Waals surface area contributed by atoms with Gasteiger partial charge in [-0.3, -0.25) is 9.69 Å². The summed E-state index contributed by atoms with van der Waals surface area (Å²) in [7, 11) is 2.03. The first-order valence-electron chi connectivity index (χ1n) is 9.41. The van der Waals surface area contributed by atoms with E-state index in [-0.39, 0.29) is 5.56 Å². The molecule has 1 aliphatic carbocycles. The smallest absolute Gasteiger partial charge is 0.275 e. The summed E-state index contributed by atoms with van der Waals surface area (Å²) < 4.78 is 1.47. The minimum absolute atomic E-state index is 0.0896. The predicted molar refractivity (Wildman–Crippen MR) is 110 cm³/mol. The fourth-order valence-corrected chi connectivity index (χ4v) is 4.92. The normalized spacial score (nSPS) is 15.7. The molecular formula is C20H23ClN4OS. The van der Waals surface area contributed by atoms with E-state index in [0.717, 1.165) is 22.3 Å². The van der Waals surface area contributed by atoms with Crippen LogP contribution < -0.4 is 5.56 Å². The quantitative estimate of drug-likeness (QED) is 0.631. The van der Waals surface area contributed by atoms with E-state index < -0.39 is 0 Å². The predicted octanol–water partition coefficient (Wildman–Crippen LogP) is 4.48. The largest absolute Gasteiger partial charge is 0.296 e. The van der Waals surface area contributed by atoms with Gasteiger partial charge >= 0.3 is 0 Å². The molecule has 0 unspecified atom stereocenters. The molecule has 1 saturated carbocycles. The Balaban J connectivity index is 1.51. The number of aromatic nitrogens is 3. The lowest BCUT2D eigenvalue weighted by Gasteiger charge is -2.18. The van der Waals surface area contributed by atoms with E-state index in [4.69, 9.17) is 16.6 Å². The van der Waals surface area contributed by atoms with Crippen LogP contribution >= 0.6 is 22.9 Å². The van der Waals surface area contributed by atoms with Gasteiger partial charge in [-0.2, -0.15) is 9.61 Å². The van der Waals surface area contributed by atoms with E-state index in [0.29, 0.717) is 17.4 Å². The molecule has 27 heavy (non-hydrogen) atoms. The molecule has 1 aliphatic rings. The van der Waals surface area contributed by atoms with Crippen LogP contribution in [0.25, 0.3) is 4.96 Å². The zero-order valence-corrected chi connectivity index (χ0v) is 17.0. The number of hydrogen-bond donors (Lipinski definition) is 0. The van der Waals surface area contributed by atoms with E-state index in [1.807, 2.05) is 31.3 Å². The molecule has 0 aliphatic heterocycles. The van der Waals surface area contributed by atoms with Gasteiger partial charge in [0.05, 0.1) is 5.69 Å². The van der Waals surface area contributed by atoms with Gasteiger partial charge in [-0.05, 0) is 37.6 Å². The maximum atomic E-state index is 12.5. The fraction of sp³-hybridized carbons (Fsp3) is 0.450. The Hall–Kier alpha value is -1.76. The Morgan fingerprint density at radius 1 is 1.19 bits per heavy atom. The molecule has 0 saturated heterocycles. The molecule has 5 nitrogen and oxygen atoms in total. The van der Waals surface area contributed by atoms with Crippen LogP contribution in [0.15, 0.2) is 35.1 Å². The molecule has 2 heterocycles. The summed E-state index contributed by atoms with van der Waals surface area (Å²) in [5.41, 5.74) is 1.88. The Kier molecular flexibility index (Phi) is 5.57. The highest BCUT2D eigenvalue weighted by Crippen LogP contribution is 2.34. The summed E-state index contributed by atoms with van der Waals surface area (Å²) in [6, 6.07) is 9.43. The highest BCUT2D eigenvalue weighted by atomic mass is 35.5. The average Bonchev–Trinajstić information content (AvgIpc) is 3.09. The molecule has 0 atom stereocenters. The maximum absolute atomic E-state index is 12.5. The van der Waals surface area contributed by atoms with Crippen LogP contribution in [-0.2, 0) is 13.1 Å². The minimum Gasteiger partial charge on any atom is -0.296 e. The highest BCUT2D eigenvalue weighted by molar-refractivity contribution is 7.16. The van der Waals surface area contributed by atoms with Gasteiger partial charge in [0.1, 0.15) is 5.01 Å². The molecule has 0 radical (unpaired) electrons. The van der Waals surface area contributed by atoms with Crippen LogP contribution in [0.2, 0.25) is 5.02 Å². The highest BCUT2D eigenvalue weighted by Gasteiger charge is 2.20. The molecule has 4 rings (SSSR count). The number of halogens is 1. The zero-order valence-electron chi connectivity index (χ0n) is 15.4. The fourth-order valence-electron chi connectivity index (χ4n) is 3.70. The van der Waals surface area contributed by atoms with Crippen molar-refractivity contribution < 1.29 is 0 Å². The first kappa shape index (κ1) is 18.6. The Bertz CT molecular complexity index is 976. The van der Waals surface area contributed by atoms with Crippen LogP contribution in [0, 0.1) is 0 Å². The van der Waals surface area contributed by atoms with Gasteiger partial charge in [0.15, 0.2) is 0 Å². The van der Waals surface area contributed by atoms with Crippen LogP contribution in [0.4, 0.5) is 0 Å². The minimum atomic E-state index is -0.0896. The third kappa shape index (κ3) is 4.39. The molecule has 3 aromatic rings. The number of fused-ring (bicyclic) bond motifs is 1. The summed E-state index contributed by atoms with van der Waals surface area (Å²) in [5.74, 6) is 0.487. The maximum Gasteiger partial charge on any atom is 0.275 e. The second-order valence-corrected chi connectivity index (χ2v) is 8.78. The second kappa shape index (κ2) is 8.09. The van der Waals surface area contributed by atoms with Crippen LogP contribution in [0.5, 0.6) is 0 Å². The van der Waals surface area contributed by atoms with Crippen molar-refractivity contribution >= 4 is 27.9 Å².